The summed E-state index contributed by atoms with van der Waals surface area (Å²) in [5.41, 5.74) is 5.09. The second-order valence-electron chi connectivity index (χ2n) is 6.24. The number of halogens is 2. The van der Waals surface area contributed by atoms with Gasteiger partial charge >= 0.3 is 12.6 Å². The number of nitrogen functional groups attached to an aromatic ring is 1. The van der Waals surface area contributed by atoms with E-state index in [1.54, 1.807) is 0 Å². The largest absolute Gasteiger partial charge is 0.477 e. The lowest BCUT2D eigenvalue weighted by atomic mass is 10.0. The summed E-state index contributed by atoms with van der Waals surface area (Å²) in [5.74, 6) is -2.46. The lowest BCUT2D eigenvalue weighted by molar-refractivity contribution is -0.150. The Morgan fingerprint density at radius 2 is 2.33 bits per heavy atom. The quantitative estimate of drug-likeness (QED) is 0.187. The number of hydrogen-bond acceptors (Lipinski definition) is 11. The Morgan fingerprint density at radius 3 is 2.94 bits per heavy atom. The van der Waals surface area contributed by atoms with Gasteiger partial charge in [-0.2, -0.15) is 14.0 Å². The van der Waals surface area contributed by atoms with Gasteiger partial charge in [0.05, 0.1) is 6.07 Å². The molecule has 1 aromatic rings. The van der Waals surface area contributed by atoms with E-state index >= 15 is 0 Å². The zero-order valence-electron chi connectivity index (χ0n) is 16.3. The number of amides is 2. The van der Waals surface area contributed by atoms with Crippen LogP contribution in [-0.2, 0) is 19.2 Å². The predicted octanol–water partition coefficient (Wildman–Crippen LogP) is 1.18. The molecule has 0 radical (unpaired) electrons. The van der Waals surface area contributed by atoms with E-state index in [4.69, 9.17) is 11.0 Å². The molecule has 2 amide bonds. The number of nitrogens with one attached hydrogen (secondary N) is 1. The Hall–Kier alpha value is -3.16. The molecule has 1 aromatic heterocycles. The van der Waals surface area contributed by atoms with Crippen LogP contribution in [0.5, 0.6) is 0 Å². The van der Waals surface area contributed by atoms with Crippen molar-refractivity contribution < 1.29 is 33.1 Å². The number of allylic oxidation sites excluding steroid dienone is 1. The van der Waals surface area contributed by atoms with Crippen molar-refractivity contribution in [3.05, 3.63) is 33.8 Å². The molecule has 2 atom stereocenters. The summed E-state index contributed by atoms with van der Waals surface area (Å²) in [4.78, 5) is 46.0. The molecule has 3 rings (SSSR count). The van der Waals surface area contributed by atoms with Crippen molar-refractivity contribution >= 4 is 63.5 Å². The molecule has 1 fully saturated rings. The summed E-state index contributed by atoms with van der Waals surface area (Å²) in [5, 5.41) is 25.8. The van der Waals surface area contributed by atoms with Crippen molar-refractivity contribution in [3.8, 4) is 6.07 Å². The molecule has 0 spiro atoms. The highest BCUT2D eigenvalue weighted by molar-refractivity contribution is 8.02. The summed E-state index contributed by atoms with van der Waals surface area (Å²) in [6.07, 6.45) is 1.25. The molecule has 0 aliphatic carbocycles. The number of aromatic nitrogens is 1. The molecule has 1 saturated heterocycles. The van der Waals surface area contributed by atoms with Gasteiger partial charge in [0.25, 0.3) is 11.8 Å². The van der Waals surface area contributed by atoms with Crippen molar-refractivity contribution in [1.29, 1.82) is 5.26 Å². The molecule has 33 heavy (non-hydrogen) atoms. The van der Waals surface area contributed by atoms with Gasteiger partial charge in [0.15, 0.2) is 10.8 Å². The number of nitrogens with two attached hydrogens (primary N) is 1. The van der Waals surface area contributed by atoms with Gasteiger partial charge in [0.1, 0.15) is 22.8 Å². The van der Waals surface area contributed by atoms with Crippen molar-refractivity contribution in [2.24, 2.45) is 5.16 Å². The topological polar surface area (TPSA) is 171 Å². The molecule has 16 heteroatoms. The number of nitrogens with zero attached hydrogens (tertiary/aromatic N) is 4. The fraction of sp³-hybridized carbons (Fsp3) is 0.294. The Balaban J connectivity index is 1.77. The molecular weight excluding hydrogens is 502 g/mol. The lowest BCUT2D eigenvalue weighted by Crippen LogP contribution is -2.71. The third-order valence-corrected chi connectivity index (χ3v) is 7.09. The molecule has 4 N–H and O–H groups in total. The van der Waals surface area contributed by atoms with E-state index in [0.29, 0.717) is 5.57 Å². The number of carboxylic acid groups (broad SMARTS) is 1. The van der Waals surface area contributed by atoms with Crippen LogP contribution in [-0.4, -0.2) is 68.0 Å². The molecule has 0 bridgehead atoms. The number of carbonyl (C=O) groups excluding carboxylic acids is 2. The van der Waals surface area contributed by atoms with Crippen LogP contribution < -0.4 is 11.1 Å². The number of carboxylic acids is 1. The lowest BCUT2D eigenvalue weighted by Gasteiger charge is -2.49. The third-order valence-electron chi connectivity index (χ3n) is 4.24. The number of aliphatic carboxylic acids is 1. The van der Waals surface area contributed by atoms with Crippen LogP contribution in [0.1, 0.15) is 5.69 Å². The zero-order valence-corrected chi connectivity index (χ0v) is 18.8. The van der Waals surface area contributed by atoms with E-state index in [1.807, 2.05) is 6.07 Å². The highest BCUT2D eigenvalue weighted by Gasteiger charge is 2.54. The Kier molecular flexibility index (Phi) is 7.89. The van der Waals surface area contributed by atoms with Crippen LogP contribution in [0.3, 0.4) is 0 Å². The van der Waals surface area contributed by atoms with E-state index in [2.05, 4.69) is 20.3 Å². The Bertz CT molecular complexity index is 1100. The number of anilines is 1. The maximum atomic E-state index is 12.7. The third kappa shape index (κ3) is 5.43. The summed E-state index contributed by atoms with van der Waals surface area (Å²) in [7, 11) is 0. The molecule has 2 aliphatic heterocycles. The van der Waals surface area contributed by atoms with Gasteiger partial charge in [-0.1, -0.05) is 5.16 Å². The molecule has 174 valence electrons. The maximum Gasteiger partial charge on any atom is 0.407 e. The first-order valence-electron chi connectivity index (χ1n) is 8.85. The SMILES string of the molecule is N#CC=CSCC1=C(C(=O)O)N2C(=O)C(NC(=O)C(=NOC(F)F)c3csc(N)n3)[C@@H]2SC1. The maximum absolute atomic E-state index is 12.7. The molecule has 2 aliphatic rings. The number of nitriles is 1. The number of rotatable bonds is 9. The highest BCUT2D eigenvalue weighted by atomic mass is 32.2. The first-order chi connectivity index (χ1) is 15.7. The van der Waals surface area contributed by atoms with Crippen LogP contribution in [0.4, 0.5) is 13.9 Å². The molecular formula is C17H14F2N6O5S3. The van der Waals surface area contributed by atoms with E-state index in [1.165, 1.54) is 40.4 Å². The minimum atomic E-state index is -3.29. The average molecular weight is 517 g/mol. The van der Waals surface area contributed by atoms with Crippen LogP contribution in [0.2, 0.25) is 0 Å². The summed E-state index contributed by atoms with van der Waals surface area (Å²) < 4.78 is 24.9. The smallest absolute Gasteiger partial charge is 0.407 e. The van der Waals surface area contributed by atoms with Gasteiger partial charge in [-0.05, 0) is 11.0 Å². The molecule has 0 aromatic carbocycles. The monoisotopic (exact) mass is 516 g/mol. The minimum Gasteiger partial charge on any atom is -0.477 e. The molecule has 0 saturated carbocycles. The van der Waals surface area contributed by atoms with Crippen LogP contribution in [0.25, 0.3) is 0 Å². The van der Waals surface area contributed by atoms with Crippen molar-refractivity contribution in [3.63, 3.8) is 0 Å². The van der Waals surface area contributed by atoms with E-state index < -0.39 is 41.5 Å². The fourth-order valence-corrected chi connectivity index (χ4v) is 5.64. The van der Waals surface area contributed by atoms with Gasteiger partial charge in [-0.3, -0.25) is 14.5 Å². The van der Waals surface area contributed by atoms with Gasteiger partial charge in [-0.25, -0.2) is 9.78 Å². The standard InChI is InChI=1S/C17H14F2N6O5S3/c18-16(19)30-24-9(8-6-33-17(21)22-8)12(26)23-10-13(27)25-11(15(28)29)7(5-32-14(10)25)4-31-3-1-2-20/h1,3,6,10,14,16H,4-5H2,(H2,21,22)(H,23,26)(H,28,29)/t10?,14-/m0/s1. The zero-order chi connectivity index (χ0) is 24.1. The van der Waals surface area contributed by atoms with Gasteiger partial charge in [0, 0.05) is 23.0 Å². The number of alkyl halides is 2. The number of hydrogen-bond donors (Lipinski definition) is 3. The van der Waals surface area contributed by atoms with Crippen molar-refractivity contribution in [2.45, 2.75) is 18.0 Å². The number of thioether (sulfide) groups is 2. The van der Waals surface area contributed by atoms with Crippen LogP contribution >= 0.6 is 34.9 Å². The summed E-state index contributed by atoms with van der Waals surface area (Å²) >= 11 is 3.38. The number of thiazole rings is 1. The number of β-lactam (4-membered cyclic amide) rings is 1. The van der Waals surface area contributed by atoms with Gasteiger partial charge in [0.2, 0.25) is 0 Å². The van der Waals surface area contributed by atoms with Crippen molar-refractivity contribution in [1.82, 2.24) is 15.2 Å². The van der Waals surface area contributed by atoms with Gasteiger partial charge < -0.3 is 21.0 Å². The van der Waals surface area contributed by atoms with Gasteiger partial charge in [-0.15, -0.1) is 34.9 Å². The van der Waals surface area contributed by atoms with E-state index in [0.717, 1.165) is 16.2 Å². The average Bonchev–Trinajstić information content (AvgIpc) is 3.20. The highest BCUT2D eigenvalue weighted by Crippen LogP contribution is 2.41. The first-order valence-corrected chi connectivity index (χ1v) is 11.8. The first kappa shape index (κ1) is 24.5. The molecule has 11 nitrogen and oxygen atoms in total. The second-order valence-corrected chi connectivity index (χ2v) is 9.13. The number of carbonyl (C=O) groups is 3. The van der Waals surface area contributed by atoms with Crippen LogP contribution in [0, 0.1) is 11.3 Å². The van der Waals surface area contributed by atoms with E-state index in [9.17, 15) is 28.3 Å². The second kappa shape index (κ2) is 10.6. The van der Waals surface area contributed by atoms with Crippen molar-refractivity contribution in [2.75, 3.05) is 17.2 Å². The predicted molar refractivity (Wildman–Crippen MR) is 117 cm³/mol. The Morgan fingerprint density at radius 1 is 1.58 bits per heavy atom. The number of oxime groups is 1. The molecule has 1 unspecified atom stereocenters. The number of fused-ring (bicyclic) bond motifs is 1. The van der Waals surface area contributed by atoms with Crippen LogP contribution in [0.15, 0.2) is 33.3 Å². The Labute approximate surface area is 197 Å². The minimum absolute atomic E-state index is 0.0579. The summed E-state index contributed by atoms with van der Waals surface area (Å²) in [6, 6.07) is 0.707. The fourth-order valence-electron chi connectivity index (χ4n) is 2.92. The van der Waals surface area contributed by atoms with E-state index in [-0.39, 0.29) is 28.0 Å². The normalized spacial score (nSPS) is 20.5. The summed E-state index contributed by atoms with van der Waals surface area (Å²) in [6.45, 7) is -3.29. The molecule has 3 heterocycles.